The monoisotopic (exact) mass is 403 g/mol. The molecule has 1 aliphatic heterocycles. The van der Waals surface area contributed by atoms with Crippen LogP contribution in [0.5, 0.6) is 17.4 Å². The Labute approximate surface area is 174 Å². The number of hydrogen-bond donors (Lipinski definition) is 1. The molecule has 0 fully saturated rings. The molecule has 1 aromatic heterocycles. The number of para-hydroxylation sites is 1. The van der Waals surface area contributed by atoms with Gasteiger partial charge in [0.05, 0.1) is 13.7 Å². The molecule has 0 radical (unpaired) electrons. The van der Waals surface area contributed by atoms with E-state index in [0.717, 1.165) is 5.56 Å². The van der Waals surface area contributed by atoms with Gasteiger partial charge >= 0.3 is 0 Å². The van der Waals surface area contributed by atoms with Gasteiger partial charge in [0.2, 0.25) is 17.7 Å². The van der Waals surface area contributed by atoms with Crippen molar-refractivity contribution in [2.75, 3.05) is 17.3 Å². The third-order valence-corrected chi connectivity index (χ3v) is 4.77. The van der Waals surface area contributed by atoms with E-state index in [1.54, 1.807) is 54.6 Å². The molecule has 0 saturated carbocycles. The molecule has 1 aliphatic rings. The van der Waals surface area contributed by atoms with Crippen molar-refractivity contribution < 1.29 is 19.1 Å². The van der Waals surface area contributed by atoms with Crippen molar-refractivity contribution in [1.82, 2.24) is 4.98 Å². The molecule has 0 saturated heterocycles. The van der Waals surface area contributed by atoms with Gasteiger partial charge in [-0.2, -0.15) is 0 Å². The van der Waals surface area contributed by atoms with Gasteiger partial charge in [-0.1, -0.05) is 24.3 Å². The number of nitrogens with zero attached hydrogens (tertiary/aromatic N) is 2. The second-order valence-electron chi connectivity index (χ2n) is 6.80. The number of pyridine rings is 1. The van der Waals surface area contributed by atoms with E-state index in [2.05, 4.69) is 10.3 Å². The Morgan fingerprint density at radius 1 is 1.10 bits per heavy atom. The number of benzene rings is 2. The molecule has 3 aromatic rings. The average Bonchev–Trinajstić information content (AvgIpc) is 2.94. The largest absolute Gasteiger partial charge is 0.497 e. The molecule has 7 heteroatoms. The normalized spacial score (nSPS) is 12.1. The first-order valence-electron chi connectivity index (χ1n) is 9.59. The Balaban J connectivity index is 1.46. The molecule has 7 nitrogen and oxygen atoms in total. The Hall–Kier alpha value is -3.87. The first-order valence-corrected chi connectivity index (χ1v) is 9.59. The SMILES string of the molecule is COc1cccc(NC(=O)CCC(=O)N2Cc3ccccc3Oc3ncccc32)c1. The zero-order valence-electron chi connectivity index (χ0n) is 16.5. The van der Waals surface area contributed by atoms with E-state index < -0.39 is 0 Å². The van der Waals surface area contributed by atoms with Gasteiger partial charge in [-0.3, -0.25) is 9.59 Å². The molecule has 4 rings (SSSR count). The molecule has 0 aliphatic carbocycles. The highest BCUT2D eigenvalue weighted by molar-refractivity contribution is 5.99. The molecule has 0 bridgehead atoms. The molecule has 30 heavy (non-hydrogen) atoms. The fraction of sp³-hybridized carbons (Fsp3) is 0.174. The van der Waals surface area contributed by atoms with Crippen molar-refractivity contribution in [2.24, 2.45) is 0 Å². The van der Waals surface area contributed by atoms with Crippen molar-refractivity contribution in [1.29, 1.82) is 0 Å². The molecular formula is C23H21N3O4. The minimum Gasteiger partial charge on any atom is -0.497 e. The van der Waals surface area contributed by atoms with E-state index in [9.17, 15) is 9.59 Å². The van der Waals surface area contributed by atoms with Crippen molar-refractivity contribution in [3.8, 4) is 17.4 Å². The van der Waals surface area contributed by atoms with Gasteiger partial charge in [0, 0.05) is 36.4 Å². The van der Waals surface area contributed by atoms with Crippen LogP contribution in [0.4, 0.5) is 11.4 Å². The second kappa shape index (κ2) is 8.65. The maximum Gasteiger partial charge on any atom is 0.243 e. The first-order chi connectivity index (χ1) is 14.6. The third-order valence-electron chi connectivity index (χ3n) is 4.77. The topological polar surface area (TPSA) is 80.8 Å². The van der Waals surface area contributed by atoms with Crippen LogP contribution < -0.4 is 19.7 Å². The van der Waals surface area contributed by atoms with E-state index in [4.69, 9.17) is 9.47 Å². The number of rotatable bonds is 5. The standard InChI is InChI=1S/C23H21N3O4/c1-29-18-8-4-7-17(14-18)25-21(27)11-12-22(28)26-15-16-6-2-3-10-20(16)30-23-19(26)9-5-13-24-23/h2-10,13-14H,11-12,15H2,1H3,(H,25,27). The molecule has 0 atom stereocenters. The maximum atomic E-state index is 13.0. The van der Waals surface area contributed by atoms with E-state index in [1.807, 2.05) is 24.3 Å². The lowest BCUT2D eigenvalue weighted by molar-refractivity contribution is -0.122. The first kappa shape index (κ1) is 19.4. The minimum atomic E-state index is -0.241. The fourth-order valence-corrected chi connectivity index (χ4v) is 3.26. The lowest BCUT2D eigenvalue weighted by Gasteiger charge is -2.21. The van der Waals surface area contributed by atoms with Crippen LogP contribution in [0.25, 0.3) is 0 Å². The molecule has 2 heterocycles. The molecule has 0 spiro atoms. The zero-order valence-corrected chi connectivity index (χ0v) is 16.5. The van der Waals surface area contributed by atoms with Crippen LogP contribution in [0.3, 0.4) is 0 Å². The second-order valence-corrected chi connectivity index (χ2v) is 6.80. The number of nitrogens with one attached hydrogen (secondary N) is 1. The molecule has 1 N–H and O–H groups in total. The lowest BCUT2D eigenvalue weighted by Crippen LogP contribution is -2.30. The quantitative estimate of drug-likeness (QED) is 0.692. The molecule has 2 aromatic carbocycles. The van der Waals surface area contributed by atoms with Crippen molar-refractivity contribution in [3.63, 3.8) is 0 Å². The van der Waals surface area contributed by atoms with Crippen LogP contribution in [-0.4, -0.2) is 23.9 Å². The zero-order chi connectivity index (χ0) is 20.9. The Bertz CT molecular complexity index is 1080. The summed E-state index contributed by atoms with van der Waals surface area (Å²) in [5.74, 6) is 1.27. The number of amides is 2. The Kier molecular flexibility index (Phi) is 5.61. The highest BCUT2D eigenvalue weighted by Crippen LogP contribution is 2.37. The highest BCUT2D eigenvalue weighted by atomic mass is 16.5. The Morgan fingerprint density at radius 3 is 2.83 bits per heavy atom. The molecular weight excluding hydrogens is 382 g/mol. The maximum absolute atomic E-state index is 13.0. The van der Waals surface area contributed by atoms with Gasteiger partial charge in [-0.15, -0.1) is 0 Å². The van der Waals surface area contributed by atoms with Gasteiger partial charge in [0.1, 0.15) is 17.2 Å². The summed E-state index contributed by atoms with van der Waals surface area (Å²) in [5.41, 5.74) is 2.09. The highest BCUT2D eigenvalue weighted by Gasteiger charge is 2.26. The number of hydrogen-bond acceptors (Lipinski definition) is 5. The van der Waals surface area contributed by atoms with Gasteiger partial charge in [0.25, 0.3) is 0 Å². The molecule has 152 valence electrons. The van der Waals surface area contributed by atoms with Gasteiger partial charge in [-0.05, 0) is 30.3 Å². The van der Waals surface area contributed by atoms with E-state index >= 15 is 0 Å². The number of aromatic nitrogens is 1. The van der Waals surface area contributed by atoms with Gasteiger partial charge < -0.3 is 19.7 Å². The number of methoxy groups -OCH3 is 1. The average molecular weight is 403 g/mol. The number of carbonyl (C=O) groups excluding carboxylic acids is 2. The molecule has 0 unspecified atom stereocenters. The van der Waals surface area contributed by atoms with Gasteiger partial charge in [-0.25, -0.2) is 4.98 Å². The predicted molar refractivity (Wildman–Crippen MR) is 113 cm³/mol. The number of ether oxygens (including phenoxy) is 2. The minimum absolute atomic E-state index is 0.0602. The van der Waals surface area contributed by atoms with E-state index in [0.29, 0.717) is 35.3 Å². The number of fused-ring (bicyclic) bond motifs is 2. The van der Waals surface area contributed by atoms with Crippen LogP contribution in [0, 0.1) is 0 Å². The van der Waals surface area contributed by atoms with Crippen molar-refractivity contribution in [3.05, 3.63) is 72.4 Å². The summed E-state index contributed by atoms with van der Waals surface area (Å²) in [6.07, 6.45) is 1.74. The van der Waals surface area contributed by atoms with Crippen LogP contribution in [-0.2, 0) is 16.1 Å². The summed E-state index contributed by atoms with van der Waals surface area (Å²) >= 11 is 0. The predicted octanol–water partition coefficient (Wildman–Crippen LogP) is 4.15. The van der Waals surface area contributed by atoms with E-state index in [-0.39, 0.29) is 24.7 Å². The Morgan fingerprint density at radius 2 is 1.97 bits per heavy atom. The smallest absolute Gasteiger partial charge is 0.243 e. The van der Waals surface area contributed by atoms with Crippen molar-refractivity contribution in [2.45, 2.75) is 19.4 Å². The van der Waals surface area contributed by atoms with Crippen molar-refractivity contribution >= 4 is 23.2 Å². The summed E-state index contributed by atoms with van der Waals surface area (Å²) in [6, 6.07) is 18.2. The summed E-state index contributed by atoms with van der Waals surface area (Å²) in [4.78, 5) is 31.3. The van der Waals surface area contributed by atoms with Crippen LogP contribution in [0.1, 0.15) is 18.4 Å². The summed E-state index contributed by atoms with van der Waals surface area (Å²) in [7, 11) is 1.56. The summed E-state index contributed by atoms with van der Waals surface area (Å²) in [5, 5.41) is 2.80. The number of anilines is 2. The van der Waals surface area contributed by atoms with Crippen LogP contribution in [0.15, 0.2) is 66.9 Å². The number of carbonyl (C=O) groups is 2. The van der Waals surface area contributed by atoms with Crippen LogP contribution in [0.2, 0.25) is 0 Å². The van der Waals surface area contributed by atoms with E-state index in [1.165, 1.54) is 0 Å². The fourth-order valence-electron chi connectivity index (χ4n) is 3.26. The van der Waals surface area contributed by atoms with Gasteiger partial charge in [0.15, 0.2) is 0 Å². The summed E-state index contributed by atoms with van der Waals surface area (Å²) in [6.45, 7) is 0.352. The van der Waals surface area contributed by atoms with Crippen LogP contribution >= 0.6 is 0 Å². The molecule has 2 amide bonds. The summed E-state index contributed by atoms with van der Waals surface area (Å²) < 4.78 is 11.1. The third kappa shape index (κ3) is 4.25. The lowest BCUT2D eigenvalue weighted by atomic mass is 10.1.